The maximum Gasteiger partial charge on any atom is 0.197 e. The third kappa shape index (κ3) is 2.23. The van der Waals surface area contributed by atoms with Gasteiger partial charge >= 0.3 is 0 Å². The second-order valence-corrected chi connectivity index (χ2v) is 4.12. The lowest BCUT2D eigenvalue weighted by Gasteiger charge is -2.05. The number of methoxy groups -OCH3 is 1. The van der Waals surface area contributed by atoms with Gasteiger partial charge in [-0.2, -0.15) is 0 Å². The van der Waals surface area contributed by atoms with Crippen LogP contribution in [0.3, 0.4) is 0 Å². The van der Waals surface area contributed by atoms with Crippen LogP contribution in [-0.2, 0) is 11.3 Å². The lowest BCUT2D eigenvalue weighted by molar-refractivity contribution is 0.181. The van der Waals surface area contributed by atoms with E-state index in [2.05, 4.69) is 35.9 Å². The van der Waals surface area contributed by atoms with Crippen molar-refractivity contribution in [2.75, 3.05) is 7.11 Å². The molecule has 0 unspecified atom stereocenters. The third-order valence-electron chi connectivity index (χ3n) is 1.87. The molecule has 2 rings (SSSR count). The molecule has 0 fully saturated rings. The molecule has 0 saturated carbocycles. The van der Waals surface area contributed by atoms with Gasteiger partial charge in [-0.1, -0.05) is 11.6 Å². The number of hydrogen-bond donors (Lipinski definition) is 1. The van der Waals surface area contributed by atoms with E-state index in [9.17, 15) is 0 Å². The summed E-state index contributed by atoms with van der Waals surface area (Å²) in [6.07, 6.45) is 3.33. The molecule has 0 amide bonds. The van der Waals surface area contributed by atoms with Crippen LogP contribution >= 0.6 is 27.5 Å². The van der Waals surface area contributed by atoms with Crippen LogP contribution < -0.4 is 0 Å². The van der Waals surface area contributed by atoms with Crippen LogP contribution in [0.2, 0.25) is 5.15 Å². The monoisotopic (exact) mass is 302 g/mol. The zero-order chi connectivity index (χ0) is 11.5. The zero-order valence-electron chi connectivity index (χ0n) is 8.37. The standard InChI is InChI=1S/C9H8BrClN4O/c1-16-4-5-6(10)7(11)15-9(14-5)8-12-2-3-13-8/h2-3H,4H2,1H3,(H,12,13). The van der Waals surface area contributed by atoms with E-state index in [-0.39, 0.29) is 0 Å². The molecule has 0 aliphatic carbocycles. The highest BCUT2D eigenvalue weighted by Gasteiger charge is 2.12. The molecular formula is C9H8BrClN4O. The second-order valence-electron chi connectivity index (χ2n) is 2.97. The first-order valence-electron chi connectivity index (χ1n) is 4.43. The first-order chi connectivity index (χ1) is 7.72. The van der Waals surface area contributed by atoms with Crippen molar-refractivity contribution in [3.05, 3.63) is 27.7 Å². The van der Waals surface area contributed by atoms with Crippen molar-refractivity contribution in [2.24, 2.45) is 0 Å². The summed E-state index contributed by atoms with van der Waals surface area (Å²) in [6.45, 7) is 0.358. The van der Waals surface area contributed by atoms with E-state index in [0.29, 0.717) is 33.6 Å². The van der Waals surface area contributed by atoms with Crippen LogP contribution in [-0.4, -0.2) is 27.0 Å². The minimum absolute atomic E-state index is 0.341. The zero-order valence-corrected chi connectivity index (χ0v) is 10.7. The highest BCUT2D eigenvalue weighted by molar-refractivity contribution is 9.10. The van der Waals surface area contributed by atoms with E-state index >= 15 is 0 Å². The molecule has 84 valence electrons. The van der Waals surface area contributed by atoms with Gasteiger partial charge in [0.15, 0.2) is 11.6 Å². The molecule has 0 bridgehead atoms. The van der Waals surface area contributed by atoms with Gasteiger partial charge in [0.05, 0.1) is 16.8 Å². The molecule has 2 heterocycles. The molecule has 2 aromatic rings. The first-order valence-corrected chi connectivity index (χ1v) is 5.60. The van der Waals surface area contributed by atoms with Crippen molar-refractivity contribution < 1.29 is 4.74 Å². The van der Waals surface area contributed by atoms with Crippen LogP contribution in [0.25, 0.3) is 11.6 Å². The lowest BCUT2D eigenvalue weighted by Crippen LogP contribution is -2.00. The molecule has 16 heavy (non-hydrogen) atoms. The molecule has 0 aliphatic rings. The van der Waals surface area contributed by atoms with Crippen LogP contribution in [0.5, 0.6) is 0 Å². The molecule has 0 radical (unpaired) electrons. The Kier molecular flexibility index (Phi) is 3.52. The number of aromatic nitrogens is 4. The van der Waals surface area contributed by atoms with E-state index < -0.39 is 0 Å². The summed E-state index contributed by atoms with van der Waals surface area (Å²) in [7, 11) is 1.59. The van der Waals surface area contributed by atoms with Gasteiger partial charge in [0, 0.05) is 19.5 Å². The minimum atomic E-state index is 0.341. The summed E-state index contributed by atoms with van der Waals surface area (Å²) in [5, 5.41) is 0.341. The van der Waals surface area contributed by atoms with Gasteiger partial charge in [0.2, 0.25) is 0 Å². The number of rotatable bonds is 3. The number of hydrogen-bond acceptors (Lipinski definition) is 4. The van der Waals surface area contributed by atoms with E-state index in [1.54, 1.807) is 19.5 Å². The number of imidazole rings is 1. The van der Waals surface area contributed by atoms with Gasteiger partial charge in [-0.05, 0) is 15.9 Å². The predicted molar refractivity (Wildman–Crippen MR) is 63.0 cm³/mol. The van der Waals surface area contributed by atoms with Crippen molar-refractivity contribution >= 4 is 27.5 Å². The summed E-state index contributed by atoms with van der Waals surface area (Å²) >= 11 is 9.29. The fraction of sp³-hybridized carbons (Fsp3) is 0.222. The SMILES string of the molecule is COCc1nc(-c2ncc[nH]2)nc(Cl)c1Br. The molecular weight excluding hydrogens is 295 g/mol. The van der Waals surface area contributed by atoms with Crippen molar-refractivity contribution in [1.29, 1.82) is 0 Å². The molecule has 0 saturated heterocycles. The van der Waals surface area contributed by atoms with Crippen LogP contribution in [0.15, 0.2) is 16.9 Å². The maximum atomic E-state index is 5.98. The Morgan fingerprint density at radius 1 is 1.50 bits per heavy atom. The summed E-state index contributed by atoms with van der Waals surface area (Å²) in [6, 6.07) is 0. The molecule has 0 spiro atoms. The smallest absolute Gasteiger partial charge is 0.197 e. The molecule has 0 aromatic carbocycles. The van der Waals surface area contributed by atoms with Crippen molar-refractivity contribution in [3.63, 3.8) is 0 Å². The molecule has 2 aromatic heterocycles. The first kappa shape index (κ1) is 11.5. The van der Waals surface area contributed by atoms with Gasteiger partial charge < -0.3 is 9.72 Å². The van der Waals surface area contributed by atoms with Crippen molar-refractivity contribution in [1.82, 2.24) is 19.9 Å². The van der Waals surface area contributed by atoms with Gasteiger partial charge in [-0.25, -0.2) is 15.0 Å². The Balaban J connectivity index is 2.48. The Morgan fingerprint density at radius 2 is 2.31 bits per heavy atom. The molecule has 5 nitrogen and oxygen atoms in total. The van der Waals surface area contributed by atoms with Crippen LogP contribution in [0, 0.1) is 0 Å². The Morgan fingerprint density at radius 3 is 2.94 bits per heavy atom. The highest BCUT2D eigenvalue weighted by atomic mass is 79.9. The van der Waals surface area contributed by atoms with Crippen LogP contribution in [0.4, 0.5) is 0 Å². The largest absolute Gasteiger partial charge is 0.378 e. The second kappa shape index (κ2) is 4.90. The quantitative estimate of drug-likeness (QED) is 0.885. The van der Waals surface area contributed by atoms with Gasteiger partial charge in [0.25, 0.3) is 0 Å². The number of H-pyrrole nitrogens is 1. The van der Waals surface area contributed by atoms with Gasteiger partial charge in [0.1, 0.15) is 5.15 Å². The van der Waals surface area contributed by atoms with Crippen molar-refractivity contribution in [3.8, 4) is 11.6 Å². The van der Waals surface area contributed by atoms with Crippen molar-refractivity contribution in [2.45, 2.75) is 6.61 Å². The van der Waals surface area contributed by atoms with Gasteiger partial charge in [-0.3, -0.25) is 0 Å². The normalized spacial score (nSPS) is 10.7. The van der Waals surface area contributed by atoms with E-state index in [0.717, 1.165) is 0 Å². The third-order valence-corrected chi connectivity index (χ3v) is 3.21. The number of ether oxygens (including phenoxy) is 1. The minimum Gasteiger partial charge on any atom is -0.378 e. The number of halogens is 2. The van der Waals surface area contributed by atoms with Crippen LogP contribution in [0.1, 0.15) is 5.69 Å². The summed E-state index contributed by atoms with van der Waals surface area (Å²) in [5.41, 5.74) is 0.689. The highest BCUT2D eigenvalue weighted by Crippen LogP contribution is 2.26. The van der Waals surface area contributed by atoms with E-state index in [1.165, 1.54) is 0 Å². The lowest BCUT2D eigenvalue weighted by atomic mass is 10.4. The fourth-order valence-electron chi connectivity index (χ4n) is 1.19. The Bertz CT molecular complexity index is 489. The summed E-state index contributed by atoms with van der Waals surface area (Å²) < 4.78 is 5.67. The average molecular weight is 304 g/mol. The summed E-state index contributed by atoms with van der Waals surface area (Å²) in [4.78, 5) is 15.4. The predicted octanol–water partition coefficient (Wildman–Crippen LogP) is 2.43. The van der Waals surface area contributed by atoms with E-state index in [4.69, 9.17) is 16.3 Å². The number of nitrogens with one attached hydrogen (secondary N) is 1. The Labute approximate surface area is 105 Å². The Hall–Kier alpha value is -0.980. The molecule has 1 N–H and O–H groups in total. The maximum absolute atomic E-state index is 5.98. The van der Waals surface area contributed by atoms with Gasteiger partial charge in [-0.15, -0.1) is 0 Å². The average Bonchev–Trinajstić information content (AvgIpc) is 2.78. The van der Waals surface area contributed by atoms with E-state index in [1.807, 2.05) is 0 Å². The number of aromatic amines is 1. The molecule has 7 heteroatoms. The molecule has 0 aliphatic heterocycles. The molecule has 0 atom stereocenters. The number of nitrogens with zero attached hydrogens (tertiary/aromatic N) is 3. The fourth-order valence-corrected chi connectivity index (χ4v) is 1.67. The summed E-state index contributed by atoms with van der Waals surface area (Å²) in [5.74, 6) is 1.03. The topological polar surface area (TPSA) is 63.7 Å².